The predicted octanol–water partition coefficient (Wildman–Crippen LogP) is 4.29. The first-order valence-corrected chi connectivity index (χ1v) is 9.67. The zero-order valence-electron chi connectivity index (χ0n) is 15.1. The molecule has 1 amide bonds. The monoisotopic (exact) mass is 379 g/mol. The first kappa shape index (κ1) is 18.8. The van der Waals surface area contributed by atoms with Crippen LogP contribution < -0.4 is 10.2 Å². The first-order valence-electron chi connectivity index (χ1n) is 8.79. The molecule has 2 aromatic carbocycles. The van der Waals surface area contributed by atoms with Gasteiger partial charge in [-0.1, -0.05) is 37.3 Å². The topological polar surface area (TPSA) is 63.6 Å². The molecule has 0 fully saturated rings. The van der Waals surface area contributed by atoms with Crippen molar-refractivity contribution in [2.75, 3.05) is 6.61 Å². The largest absolute Gasteiger partial charge is 0.494 e. The van der Waals surface area contributed by atoms with Crippen LogP contribution in [0.2, 0.25) is 0 Å². The zero-order chi connectivity index (χ0) is 18.9. The molecule has 27 heavy (non-hydrogen) atoms. The summed E-state index contributed by atoms with van der Waals surface area (Å²) in [6.07, 6.45) is 2.79. The van der Waals surface area contributed by atoms with Crippen LogP contribution in [0.15, 0.2) is 65.1 Å². The summed E-state index contributed by atoms with van der Waals surface area (Å²) < 4.78 is 5.53. The molecule has 5 nitrogen and oxygen atoms in total. The molecule has 0 spiro atoms. The summed E-state index contributed by atoms with van der Waals surface area (Å²) in [6, 6.07) is 17.5. The number of hydrogen-bond acceptors (Lipinski definition) is 5. The van der Waals surface area contributed by atoms with Crippen molar-refractivity contribution in [2.24, 2.45) is 5.10 Å². The highest BCUT2D eigenvalue weighted by molar-refractivity contribution is 7.10. The lowest BCUT2D eigenvalue weighted by molar-refractivity contribution is -0.120. The van der Waals surface area contributed by atoms with Crippen molar-refractivity contribution in [1.29, 1.82) is 0 Å². The molecule has 0 radical (unpaired) electrons. The van der Waals surface area contributed by atoms with E-state index in [0.717, 1.165) is 34.0 Å². The van der Waals surface area contributed by atoms with E-state index < -0.39 is 0 Å². The van der Waals surface area contributed by atoms with E-state index in [1.165, 1.54) is 11.3 Å². The second-order valence-corrected chi connectivity index (χ2v) is 6.82. The van der Waals surface area contributed by atoms with Crippen LogP contribution in [-0.4, -0.2) is 23.7 Å². The standard InChI is InChI=1S/C21H21N3O2S/c1-2-12-26-18-10-8-16(9-11-18)14-22-24-20(25)13-21-23-19(15-27-21)17-6-4-3-5-7-17/h3-11,14-15H,2,12-13H2,1H3,(H,24,25)/b22-14-. The smallest absolute Gasteiger partial charge is 0.246 e. The lowest BCUT2D eigenvalue weighted by Gasteiger charge is -2.03. The molecule has 0 unspecified atom stereocenters. The number of hydrogen-bond donors (Lipinski definition) is 1. The summed E-state index contributed by atoms with van der Waals surface area (Å²) in [5.41, 5.74) is 5.36. The molecular formula is C21H21N3O2S. The minimum atomic E-state index is -0.192. The van der Waals surface area contributed by atoms with E-state index >= 15 is 0 Å². The third kappa shape index (κ3) is 5.76. The van der Waals surface area contributed by atoms with Gasteiger partial charge in [-0.2, -0.15) is 5.10 Å². The molecule has 0 saturated carbocycles. The Labute approximate surface area is 162 Å². The fourth-order valence-electron chi connectivity index (χ4n) is 2.36. The van der Waals surface area contributed by atoms with E-state index in [0.29, 0.717) is 6.61 Å². The second kappa shape index (κ2) is 9.64. The summed E-state index contributed by atoms with van der Waals surface area (Å²) in [5, 5.41) is 6.73. The van der Waals surface area contributed by atoms with Crippen molar-refractivity contribution in [3.8, 4) is 17.0 Å². The Kier molecular flexibility index (Phi) is 6.71. The lowest BCUT2D eigenvalue weighted by atomic mass is 10.2. The lowest BCUT2D eigenvalue weighted by Crippen LogP contribution is -2.19. The highest BCUT2D eigenvalue weighted by Gasteiger charge is 2.08. The highest BCUT2D eigenvalue weighted by Crippen LogP contribution is 2.21. The fourth-order valence-corrected chi connectivity index (χ4v) is 3.16. The van der Waals surface area contributed by atoms with E-state index in [1.54, 1.807) is 6.21 Å². The van der Waals surface area contributed by atoms with Crippen LogP contribution in [0.1, 0.15) is 23.9 Å². The summed E-state index contributed by atoms with van der Waals surface area (Å²) in [4.78, 5) is 16.6. The third-order valence-electron chi connectivity index (χ3n) is 3.69. The molecule has 3 rings (SSSR count). The van der Waals surface area contributed by atoms with Gasteiger partial charge in [-0.05, 0) is 36.2 Å². The maximum atomic E-state index is 12.0. The van der Waals surface area contributed by atoms with Gasteiger partial charge in [0.1, 0.15) is 10.8 Å². The van der Waals surface area contributed by atoms with Gasteiger partial charge in [-0.3, -0.25) is 4.79 Å². The fraction of sp³-hybridized carbons (Fsp3) is 0.190. The Morgan fingerprint density at radius 2 is 1.96 bits per heavy atom. The number of rotatable bonds is 8. The quantitative estimate of drug-likeness (QED) is 0.469. The van der Waals surface area contributed by atoms with Gasteiger partial charge in [0.15, 0.2) is 0 Å². The third-order valence-corrected chi connectivity index (χ3v) is 4.54. The number of aromatic nitrogens is 1. The van der Waals surface area contributed by atoms with Gasteiger partial charge < -0.3 is 4.74 Å². The number of carbonyl (C=O) groups excluding carboxylic acids is 1. The Bertz CT molecular complexity index is 889. The van der Waals surface area contributed by atoms with Crippen LogP contribution in [0.5, 0.6) is 5.75 Å². The van der Waals surface area contributed by atoms with Gasteiger partial charge in [0.25, 0.3) is 0 Å². The van der Waals surface area contributed by atoms with Crippen molar-refractivity contribution < 1.29 is 9.53 Å². The molecule has 0 aliphatic rings. The van der Waals surface area contributed by atoms with Gasteiger partial charge in [0, 0.05) is 10.9 Å². The number of benzene rings is 2. The molecule has 0 aliphatic heterocycles. The Hall–Kier alpha value is -2.99. The van der Waals surface area contributed by atoms with E-state index in [1.807, 2.05) is 60.0 Å². The Morgan fingerprint density at radius 3 is 2.70 bits per heavy atom. The maximum absolute atomic E-state index is 12.0. The van der Waals surface area contributed by atoms with E-state index in [-0.39, 0.29) is 12.3 Å². The second-order valence-electron chi connectivity index (χ2n) is 5.88. The summed E-state index contributed by atoms with van der Waals surface area (Å²) in [7, 11) is 0. The van der Waals surface area contributed by atoms with Gasteiger partial charge in [0.2, 0.25) is 5.91 Å². The molecule has 1 N–H and O–H groups in total. The minimum Gasteiger partial charge on any atom is -0.494 e. The van der Waals surface area contributed by atoms with E-state index in [4.69, 9.17) is 4.74 Å². The normalized spacial score (nSPS) is 10.9. The van der Waals surface area contributed by atoms with Gasteiger partial charge >= 0.3 is 0 Å². The van der Waals surface area contributed by atoms with E-state index in [9.17, 15) is 4.79 Å². The molecule has 0 atom stereocenters. The van der Waals surface area contributed by atoms with Crippen LogP contribution in [0.3, 0.4) is 0 Å². The number of nitrogens with one attached hydrogen (secondary N) is 1. The van der Waals surface area contributed by atoms with Gasteiger partial charge in [-0.15, -0.1) is 11.3 Å². The molecule has 1 heterocycles. The summed E-state index contributed by atoms with van der Waals surface area (Å²) in [5.74, 6) is 0.638. The molecule has 138 valence electrons. The number of thiazole rings is 1. The van der Waals surface area contributed by atoms with Crippen LogP contribution in [-0.2, 0) is 11.2 Å². The van der Waals surface area contributed by atoms with Crippen molar-refractivity contribution in [3.05, 3.63) is 70.5 Å². The molecule has 0 saturated heterocycles. The molecule has 0 bridgehead atoms. The summed E-state index contributed by atoms with van der Waals surface area (Å²) >= 11 is 1.47. The SMILES string of the molecule is CCCOc1ccc(/C=N\NC(=O)Cc2nc(-c3ccccc3)cs2)cc1. The van der Waals surface area contributed by atoms with Crippen LogP contribution >= 0.6 is 11.3 Å². The molecule has 1 aromatic heterocycles. The van der Waals surface area contributed by atoms with Crippen molar-refractivity contribution >= 4 is 23.5 Å². The highest BCUT2D eigenvalue weighted by atomic mass is 32.1. The predicted molar refractivity (Wildman–Crippen MR) is 109 cm³/mol. The number of amides is 1. The molecule has 0 aliphatic carbocycles. The number of ether oxygens (including phenoxy) is 1. The first-order chi connectivity index (χ1) is 13.2. The average Bonchev–Trinajstić information content (AvgIpc) is 3.16. The summed E-state index contributed by atoms with van der Waals surface area (Å²) in [6.45, 7) is 2.77. The number of hydrazone groups is 1. The van der Waals surface area contributed by atoms with Crippen molar-refractivity contribution in [2.45, 2.75) is 19.8 Å². The van der Waals surface area contributed by atoms with Crippen molar-refractivity contribution in [1.82, 2.24) is 10.4 Å². The maximum Gasteiger partial charge on any atom is 0.246 e. The van der Waals surface area contributed by atoms with Crippen LogP contribution in [0.4, 0.5) is 0 Å². The Morgan fingerprint density at radius 1 is 1.19 bits per heavy atom. The van der Waals surface area contributed by atoms with Crippen LogP contribution in [0, 0.1) is 0 Å². The number of carbonyl (C=O) groups is 1. The van der Waals surface area contributed by atoms with Gasteiger partial charge in [0.05, 0.1) is 24.9 Å². The van der Waals surface area contributed by atoms with E-state index in [2.05, 4.69) is 22.4 Å². The molecule has 6 heteroatoms. The Balaban J connectivity index is 1.49. The average molecular weight is 379 g/mol. The zero-order valence-corrected chi connectivity index (χ0v) is 15.9. The number of nitrogens with zero attached hydrogens (tertiary/aromatic N) is 2. The minimum absolute atomic E-state index is 0.192. The van der Waals surface area contributed by atoms with Gasteiger partial charge in [-0.25, -0.2) is 10.4 Å². The molecule has 3 aromatic rings. The molecular weight excluding hydrogens is 358 g/mol. The van der Waals surface area contributed by atoms with Crippen molar-refractivity contribution in [3.63, 3.8) is 0 Å². The van der Waals surface area contributed by atoms with Crippen LogP contribution in [0.25, 0.3) is 11.3 Å².